The summed E-state index contributed by atoms with van der Waals surface area (Å²) in [6.45, 7) is 4.74. The third kappa shape index (κ3) is 2.91. The van der Waals surface area contributed by atoms with Crippen LogP contribution in [0.25, 0.3) is 11.0 Å². The predicted octanol–water partition coefficient (Wildman–Crippen LogP) is 5.12. The third-order valence-corrected chi connectivity index (χ3v) is 5.16. The minimum Gasteiger partial charge on any atom is -0.379 e. The van der Waals surface area contributed by atoms with Gasteiger partial charge in [-0.15, -0.1) is 0 Å². The van der Waals surface area contributed by atoms with Gasteiger partial charge < -0.3 is 5.32 Å². The molecule has 108 valence electrons. The van der Waals surface area contributed by atoms with Crippen LogP contribution in [-0.4, -0.2) is 14.8 Å². The molecule has 0 radical (unpaired) electrons. The minimum absolute atomic E-state index is 0.467. The van der Waals surface area contributed by atoms with Crippen molar-refractivity contribution in [3.63, 3.8) is 0 Å². The van der Waals surface area contributed by atoms with E-state index in [4.69, 9.17) is 11.6 Å². The second-order valence-electron chi connectivity index (χ2n) is 6.49. The number of anilines is 1. The lowest BCUT2D eigenvalue weighted by Crippen LogP contribution is -2.19. The van der Waals surface area contributed by atoms with Crippen molar-refractivity contribution >= 4 is 40.0 Å². The highest BCUT2D eigenvalue weighted by molar-refractivity contribution is 7.00. The first-order valence-corrected chi connectivity index (χ1v) is 8.33. The van der Waals surface area contributed by atoms with Crippen LogP contribution in [-0.2, 0) is 0 Å². The summed E-state index contributed by atoms with van der Waals surface area (Å²) in [5.41, 5.74) is 3.26. The molecule has 1 atom stereocenters. The molecule has 2 aromatic rings. The van der Waals surface area contributed by atoms with Crippen LogP contribution in [0.1, 0.15) is 46.0 Å². The van der Waals surface area contributed by atoms with Gasteiger partial charge in [-0.05, 0) is 43.2 Å². The van der Waals surface area contributed by atoms with E-state index in [0.29, 0.717) is 11.5 Å². The van der Waals surface area contributed by atoms with Crippen LogP contribution >= 0.6 is 23.3 Å². The quantitative estimate of drug-likeness (QED) is 0.783. The number of nitrogens with one attached hydrogen (secondary N) is 1. The van der Waals surface area contributed by atoms with Gasteiger partial charge in [-0.25, -0.2) is 0 Å². The number of benzene rings is 1. The summed E-state index contributed by atoms with van der Waals surface area (Å²) in [4.78, 5) is 0. The van der Waals surface area contributed by atoms with Crippen molar-refractivity contribution in [2.75, 3.05) is 5.32 Å². The molecule has 5 heteroatoms. The highest BCUT2D eigenvalue weighted by Crippen LogP contribution is 2.36. The highest BCUT2D eigenvalue weighted by atomic mass is 35.5. The van der Waals surface area contributed by atoms with Gasteiger partial charge in [-0.1, -0.05) is 31.9 Å². The second kappa shape index (κ2) is 5.49. The average Bonchev–Trinajstić information content (AvgIpc) is 2.80. The van der Waals surface area contributed by atoms with E-state index in [9.17, 15) is 0 Å². The second-order valence-corrected chi connectivity index (χ2v) is 7.43. The summed E-state index contributed by atoms with van der Waals surface area (Å²) in [6.07, 6.45) is 6.23. The fourth-order valence-corrected chi connectivity index (χ4v) is 3.72. The molecule has 1 aliphatic carbocycles. The van der Waals surface area contributed by atoms with E-state index in [1.54, 1.807) is 0 Å². The highest BCUT2D eigenvalue weighted by Gasteiger charge is 2.25. The number of hydrogen-bond acceptors (Lipinski definition) is 4. The number of fused-ring (bicyclic) bond motifs is 1. The maximum atomic E-state index is 6.35. The lowest BCUT2D eigenvalue weighted by atomic mass is 9.85. The van der Waals surface area contributed by atoms with Crippen molar-refractivity contribution in [3.05, 3.63) is 17.2 Å². The molecule has 1 unspecified atom stereocenters. The fraction of sp³-hybridized carbons (Fsp3) is 0.600. The molecule has 1 fully saturated rings. The Morgan fingerprint density at radius 2 is 2.10 bits per heavy atom. The molecule has 0 aliphatic heterocycles. The SMILES string of the molecule is CC1(C)CCCC(Nc2c(Cl)ccc3nsnc23)CC1. The topological polar surface area (TPSA) is 37.8 Å². The van der Waals surface area contributed by atoms with E-state index in [-0.39, 0.29) is 0 Å². The fourth-order valence-electron chi connectivity index (χ4n) is 2.97. The average molecular weight is 310 g/mol. The molecule has 1 heterocycles. The Kier molecular flexibility index (Phi) is 3.87. The van der Waals surface area contributed by atoms with Crippen LogP contribution in [0.3, 0.4) is 0 Å². The van der Waals surface area contributed by atoms with Gasteiger partial charge in [0.1, 0.15) is 11.0 Å². The summed E-state index contributed by atoms with van der Waals surface area (Å²) < 4.78 is 8.67. The summed E-state index contributed by atoms with van der Waals surface area (Å²) in [7, 11) is 0. The molecule has 3 rings (SSSR count). The van der Waals surface area contributed by atoms with Gasteiger partial charge in [-0.3, -0.25) is 0 Å². The maximum Gasteiger partial charge on any atom is 0.129 e. The first-order chi connectivity index (χ1) is 9.55. The van der Waals surface area contributed by atoms with E-state index < -0.39 is 0 Å². The summed E-state index contributed by atoms with van der Waals surface area (Å²) in [5.74, 6) is 0. The van der Waals surface area contributed by atoms with Crippen molar-refractivity contribution in [1.82, 2.24) is 8.75 Å². The molecule has 3 nitrogen and oxygen atoms in total. The number of aromatic nitrogens is 2. The van der Waals surface area contributed by atoms with Gasteiger partial charge in [0.05, 0.1) is 22.4 Å². The van der Waals surface area contributed by atoms with Crippen LogP contribution in [0.2, 0.25) is 5.02 Å². The predicted molar refractivity (Wildman–Crippen MR) is 86.7 cm³/mol. The van der Waals surface area contributed by atoms with Crippen molar-refractivity contribution in [2.45, 2.75) is 52.0 Å². The Morgan fingerprint density at radius 1 is 1.25 bits per heavy atom. The smallest absolute Gasteiger partial charge is 0.129 e. The maximum absolute atomic E-state index is 6.35. The zero-order valence-corrected chi connectivity index (χ0v) is 13.5. The zero-order chi connectivity index (χ0) is 14.2. The Hall–Kier alpha value is -0.870. The number of rotatable bonds is 2. The monoisotopic (exact) mass is 309 g/mol. The molecule has 1 aromatic heterocycles. The molecule has 20 heavy (non-hydrogen) atoms. The largest absolute Gasteiger partial charge is 0.379 e. The first kappa shape index (κ1) is 14.1. The molecule has 1 aromatic carbocycles. The van der Waals surface area contributed by atoms with Gasteiger partial charge in [0.2, 0.25) is 0 Å². The third-order valence-electron chi connectivity index (χ3n) is 4.30. The first-order valence-electron chi connectivity index (χ1n) is 7.22. The van der Waals surface area contributed by atoms with Crippen molar-refractivity contribution in [1.29, 1.82) is 0 Å². The number of halogens is 1. The lowest BCUT2D eigenvalue weighted by Gasteiger charge is -2.22. The molecule has 1 aliphatic rings. The lowest BCUT2D eigenvalue weighted by molar-refractivity contribution is 0.313. The van der Waals surface area contributed by atoms with E-state index in [0.717, 1.165) is 21.7 Å². The van der Waals surface area contributed by atoms with E-state index >= 15 is 0 Å². The van der Waals surface area contributed by atoms with E-state index in [2.05, 4.69) is 27.9 Å². The number of nitrogens with zero attached hydrogens (tertiary/aromatic N) is 2. The number of hydrogen-bond donors (Lipinski definition) is 1. The van der Waals surface area contributed by atoms with E-state index in [1.165, 1.54) is 43.8 Å². The zero-order valence-electron chi connectivity index (χ0n) is 11.9. The molecule has 1 N–H and O–H groups in total. The van der Waals surface area contributed by atoms with Gasteiger partial charge >= 0.3 is 0 Å². The van der Waals surface area contributed by atoms with Crippen molar-refractivity contribution in [3.8, 4) is 0 Å². The summed E-state index contributed by atoms with van der Waals surface area (Å²) >= 11 is 7.59. The Morgan fingerprint density at radius 3 is 2.95 bits per heavy atom. The van der Waals surface area contributed by atoms with Crippen molar-refractivity contribution < 1.29 is 0 Å². The van der Waals surface area contributed by atoms with Gasteiger partial charge in [0, 0.05) is 6.04 Å². The Bertz CT molecular complexity index is 608. The molecule has 1 saturated carbocycles. The summed E-state index contributed by atoms with van der Waals surface area (Å²) in [6, 6.07) is 4.33. The van der Waals surface area contributed by atoms with Crippen molar-refractivity contribution in [2.24, 2.45) is 5.41 Å². The molecule has 0 spiro atoms. The Labute approximate surface area is 129 Å². The van der Waals surface area contributed by atoms with Crippen LogP contribution in [0.4, 0.5) is 5.69 Å². The molecule has 0 bridgehead atoms. The van der Waals surface area contributed by atoms with Gasteiger partial charge in [-0.2, -0.15) is 8.75 Å². The normalized spacial score (nSPS) is 22.6. The minimum atomic E-state index is 0.467. The molecular weight excluding hydrogens is 290 g/mol. The summed E-state index contributed by atoms with van der Waals surface area (Å²) in [5, 5.41) is 4.37. The van der Waals surface area contributed by atoms with Gasteiger partial charge in [0.15, 0.2) is 0 Å². The van der Waals surface area contributed by atoms with Crippen LogP contribution in [0.5, 0.6) is 0 Å². The molecule has 0 amide bonds. The molecular formula is C15H20ClN3S. The standard InChI is InChI=1S/C15H20ClN3S/c1-15(2)8-3-4-10(7-9-15)17-13-11(16)5-6-12-14(13)19-20-18-12/h5-6,10,17H,3-4,7-9H2,1-2H3. The van der Waals surface area contributed by atoms with Crippen LogP contribution in [0, 0.1) is 5.41 Å². The van der Waals surface area contributed by atoms with E-state index in [1.807, 2.05) is 12.1 Å². The molecule has 0 saturated heterocycles. The van der Waals surface area contributed by atoms with Gasteiger partial charge in [0.25, 0.3) is 0 Å². The van der Waals surface area contributed by atoms with Crippen LogP contribution < -0.4 is 5.32 Å². The Balaban J connectivity index is 1.82. The van der Waals surface area contributed by atoms with Crippen LogP contribution in [0.15, 0.2) is 12.1 Å².